The van der Waals surface area contributed by atoms with Gasteiger partial charge in [-0.2, -0.15) is 0 Å². The molecule has 5 heteroatoms. The predicted molar refractivity (Wildman–Crippen MR) is 67.8 cm³/mol. The van der Waals surface area contributed by atoms with Crippen LogP contribution in [0.2, 0.25) is 0 Å². The van der Waals surface area contributed by atoms with Gasteiger partial charge in [0.05, 0.1) is 24.3 Å². The normalized spacial score (nSPS) is 16.7. The fourth-order valence-electron chi connectivity index (χ4n) is 2.15. The molecule has 0 aliphatic heterocycles. The minimum atomic E-state index is -0.584. The third-order valence-corrected chi connectivity index (χ3v) is 3.33. The third kappa shape index (κ3) is 2.09. The number of imidazole rings is 1. The van der Waals surface area contributed by atoms with Crippen molar-refractivity contribution >= 4 is 5.69 Å². The molecule has 1 unspecified atom stereocenters. The molecule has 3 N–H and O–H groups in total. The molecule has 0 amide bonds. The van der Waals surface area contributed by atoms with Crippen molar-refractivity contribution < 1.29 is 5.11 Å². The zero-order valence-electron chi connectivity index (χ0n) is 10.0. The molecule has 94 valence electrons. The van der Waals surface area contributed by atoms with E-state index in [-0.39, 0.29) is 0 Å². The monoisotopic (exact) mass is 244 g/mol. The molecule has 1 saturated carbocycles. The number of aliphatic hydroxyl groups excluding tert-OH is 1. The van der Waals surface area contributed by atoms with E-state index in [1.807, 2.05) is 0 Å². The molecule has 2 heterocycles. The topological polar surface area (TPSA) is 77.0 Å². The standard InChI is InChI=1S/C13H16N4O/c14-11-3-4-15-6-9(11)5-13(18)12-7-16-8-17(12)10-1-2-10/h3-4,6-8,10,13,18H,1-2,5H2,(H2,14,15). The lowest BCUT2D eigenvalue weighted by Gasteiger charge is -2.14. The molecule has 1 fully saturated rings. The van der Waals surface area contributed by atoms with Crippen LogP contribution in [0.3, 0.4) is 0 Å². The highest BCUT2D eigenvalue weighted by atomic mass is 16.3. The number of rotatable bonds is 4. The highest BCUT2D eigenvalue weighted by molar-refractivity contribution is 5.44. The SMILES string of the molecule is Nc1ccncc1CC(O)c1cncn1C1CC1. The van der Waals surface area contributed by atoms with Gasteiger partial charge in [-0.3, -0.25) is 4.98 Å². The van der Waals surface area contributed by atoms with Crippen molar-refractivity contribution in [3.05, 3.63) is 42.2 Å². The van der Waals surface area contributed by atoms with Crippen molar-refractivity contribution in [2.24, 2.45) is 0 Å². The summed E-state index contributed by atoms with van der Waals surface area (Å²) in [5.74, 6) is 0. The van der Waals surface area contributed by atoms with E-state index in [0.29, 0.717) is 18.2 Å². The molecule has 3 rings (SSSR count). The van der Waals surface area contributed by atoms with E-state index < -0.39 is 6.10 Å². The largest absolute Gasteiger partial charge is 0.398 e. The molecule has 5 nitrogen and oxygen atoms in total. The fourth-order valence-corrected chi connectivity index (χ4v) is 2.15. The molecule has 0 aromatic carbocycles. The molecule has 1 aliphatic rings. The summed E-state index contributed by atoms with van der Waals surface area (Å²) in [6, 6.07) is 2.27. The van der Waals surface area contributed by atoms with Gasteiger partial charge in [-0.25, -0.2) is 4.98 Å². The molecule has 18 heavy (non-hydrogen) atoms. The van der Waals surface area contributed by atoms with Crippen LogP contribution in [0.15, 0.2) is 31.0 Å². The van der Waals surface area contributed by atoms with Gasteiger partial charge >= 0.3 is 0 Å². The first-order valence-electron chi connectivity index (χ1n) is 6.14. The van der Waals surface area contributed by atoms with Gasteiger partial charge in [0.1, 0.15) is 0 Å². The maximum atomic E-state index is 10.3. The number of nitrogens with two attached hydrogens (primary N) is 1. The van der Waals surface area contributed by atoms with Crippen LogP contribution in [-0.4, -0.2) is 19.6 Å². The number of aromatic nitrogens is 3. The Labute approximate surface area is 105 Å². The zero-order valence-corrected chi connectivity index (χ0v) is 10.0. The van der Waals surface area contributed by atoms with E-state index in [4.69, 9.17) is 5.73 Å². The van der Waals surface area contributed by atoms with Crippen molar-refractivity contribution in [3.63, 3.8) is 0 Å². The quantitative estimate of drug-likeness (QED) is 0.853. The van der Waals surface area contributed by atoms with E-state index in [0.717, 1.165) is 11.3 Å². The predicted octanol–water partition coefficient (Wildman–Crippen LogP) is 1.47. The van der Waals surface area contributed by atoms with Crippen LogP contribution < -0.4 is 5.73 Å². The number of hydrogen-bond donors (Lipinski definition) is 2. The summed E-state index contributed by atoms with van der Waals surface area (Å²) in [6.45, 7) is 0. The maximum absolute atomic E-state index is 10.3. The van der Waals surface area contributed by atoms with Crippen molar-refractivity contribution in [2.45, 2.75) is 31.4 Å². The molecule has 0 spiro atoms. The van der Waals surface area contributed by atoms with Crippen LogP contribution in [0.4, 0.5) is 5.69 Å². The summed E-state index contributed by atoms with van der Waals surface area (Å²) in [4.78, 5) is 8.16. The molecular weight excluding hydrogens is 228 g/mol. The Bertz CT molecular complexity index is 547. The Morgan fingerprint density at radius 2 is 2.22 bits per heavy atom. The molecular formula is C13H16N4O. The third-order valence-electron chi connectivity index (χ3n) is 3.33. The number of nitrogen functional groups attached to an aromatic ring is 1. The van der Waals surface area contributed by atoms with Crippen LogP contribution in [0.5, 0.6) is 0 Å². The molecule has 1 atom stereocenters. The molecule has 0 radical (unpaired) electrons. The van der Waals surface area contributed by atoms with Gasteiger partial charge in [0.25, 0.3) is 0 Å². The van der Waals surface area contributed by atoms with E-state index in [1.54, 1.807) is 31.0 Å². The van der Waals surface area contributed by atoms with Gasteiger partial charge in [0, 0.05) is 30.5 Å². The van der Waals surface area contributed by atoms with Crippen LogP contribution in [0.1, 0.15) is 36.2 Å². The number of anilines is 1. The summed E-state index contributed by atoms with van der Waals surface area (Å²) in [5, 5.41) is 10.3. The highest BCUT2D eigenvalue weighted by Gasteiger charge is 2.27. The number of hydrogen-bond acceptors (Lipinski definition) is 4. The second-order valence-electron chi connectivity index (χ2n) is 4.75. The summed E-state index contributed by atoms with van der Waals surface area (Å²) in [6.07, 6.45) is 9.11. The van der Waals surface area contributed by atoms with Gasteiger partial charge in [0.15, 0.2) is 0 Å². The Morgan fingerprint density at radius 3 is 2.94 bits per heavy atom. The number of pyridine rings is 1. The molecule has 2 aromatic heterocycles. The smallest absolute Gasteiger partial charge is 0.0997 e. The van der Waals surface area contributed by atoms with Gasteiger partial charge in [-0.05, 0) is 24.5 Å². The van der Waals surface area contributed by atoms with Crippen molar-refractivity contribution in [2.75, 3.05) is 5.73 Å². The van der Waals surface area contributed by atoms with Crippen LogP contribution >= 0.6 is 0 Å². The van der Waals surface area contributed by atoms with Crippen molar-refractivity contribution in [1.82, 2.24) is 14.5 Å². The summed E-state index contributed by atoms with van der Waals surface area (Å²) in [7, 11) is 0. The first-order valence-corrected chi connectivity index (χ1v) is 6.14. The molecule has 0 bridgehead atoms. The lowest BCUT2D eigenvalue weighted by molar-refractivity contribution is 0.168. The average molecular weight is 244 g/mol. The first-order chi connectivity index (χ1) is 8.75. The van der Waals surface area contributed by atoms with Crippen LogP contribution in [-0.2, 0) is 6.42 Å². The molecule has 1 aliphatic carbocycles. The minimum Gasteiger partial charge on any atom is -0.398 e. The lowest BCUT2D eigenvalue weighted by atomic mass is 10.1. The van der Waals surface area contributed by atoms with Crippen LogP contribution in [0, 0.1) is 0 Å². The maximum Gasteiger partial charge on any atom is 0.0997 e. The van der Waals surface area contributed by atoms with Crippen molar-refractivity contribution in [1.29, 1.82) is 0 Å². The second-order valence-corrected chi connectivity index (χ2v) is 4.75. The van der Waals surface area contributed by atoms with Gasteiger partial charge in [-0.15, -0.1) is 0 Å². The van der Waals surface area contributed by atoms with E-state index in [9.17, 15) is 5.11 Å². The van der Waals surface area contributed by atoms with Gasteiger partial charge in [0.2, 0.25) is 0 Å². The lowest BCUT2D eigenvalue weighted by Crippen LogP contribution is -2.09. The van der Waals surface area contributed by atoms with E-state index >= 15 is 0 Å². The number of nitrogens with zero attached hydrogens (tertiary/aromatic N) is 3. The zero-order chi connectivity index (χ0) is 12.5. The van der Waals surface area contributed by atoms with E-state index in [2.05, 4.69) is 14.5 Å². The number of aliphatic hydroxyl groups is 1. The Balaban J connectivity index is 1.80. The summed E-state index contributed by atoms with van der Waals surface area (Å²) >= 11 is 0. The van der Waals surface area contributed by atoms with Gasteiger partial charge < -0.3 is 15.4 Å². The Kier molecular flexibility index (Phi) is 2.76. The molecule has 2 aromatic rings. The highest BCUT2D eigenvalue weighted by Crippen LogP contribution is 2.37. The van der Waals surface area contributed by atoms with E-state index in [1.165, 1.54) is 12.8 Å². The first kappa shape index (κ1) is 11.2. The summed E-state index contributed by atoms with van der Waals surface area (Å²) in [5.41, 5.74) is 8.26. The fraction of sp³-hybridized carbons (Fsp3) is 0.385. The Morgan fingerprint density at radius 1 is 1.39 bits per heavy atom. The van der Waals surface area contributed by atoms with Gasteiger partial charge in [-0.1, -0.05) is 0 Å². The van der Waals surface area contributed by atoms with Crippen LogP contribution in [0.25, 0.3) is 0 Å². The Hall–Kier alpha value is -1.88. The average Bonchev–Trinajstić information content (AvgIpc) is 3.09. The second kappa shape index (κ2) is 4.42. The molecule has 0 saturated heterocycles. The van der Waals surface area contributed by atoms with Crippen molar-refractivity contribution in [3.8, 4) is 0 Å². The summed E-state index contributed by atoms with van der Waals surface area (Å²) < 4.78 is 2.07. The minimum absolute atomic E-state index is 0.470.